The molecule has 5 heteroatoms. The summed E-state index contributed by atoms with van der Waals surface area (Å²) in [5.74, 6) is -0.951. The molecular formula is C13H17NO4. The number of carboxylic acid groups (broad SMARTS) is 1. The van der Waals surface area contributed by atoms with E-state index in [1.54, 1.807) is 12.1 Å². The van der Waals surface area contributed by atoms with Crippen molar-refractivity contribution in [2.24, 2.45) is 0 Å². The molecule has 0 spiro atoms. The van der Waals surface area contributed by atoms with Crippen LogP contribution < -0.4 is 4.90 Å². The van der Waals surface area contributed by atoms with E-state index in [1.807, 2.05) is 17.9 Å². The van der Waals surface area contributed by atoms with Gasteiger partial charge in [-0.15, -0.1) is 0 Å². The highest BCUT2D eigenvalue weighted by atomic mass is 16.5. The summed E-state index contributed by atoms with van der Waals surface area (Å²) in [5.41, 5.74) is 1.92. The summed E-state index contributed by atoms with van der Waals surface area (Å²) >= 11 is 0. The summed E-state index contributed by atoms with van der Waals surface area (Å²) in [6.45, 7) is 3.43. The number of benzene rings is 1. The van der Waals surface area contributed by atoms with Gasteiger partial charge >= 0.3 is 5.97 Å². The second-order valence-electron chi connectivity index (χ2n) is 4.43. The van der Waals surface area contributed by atoms with Crippen LogP contribution >= 0.6 is 0 Å². The Labute approximate surface area is 106 Å². The fraction of sp³-hybridized carbons (Fsp3) is 0.462. The number of anilines is 1. The lowest BCUT2D eigenvalue weighted by Crippen LogP contribution is -2.48. The molecule has 1 atom stereocenters. The fourth-order valence-electron chi connectivity index (χ4n) is 2.18. The van der Waals surface area contributed by atoms with Gasteiger partial charge in [0.05, 0.1) is 37.1 Å². The zero-order chi connectivity index (χ0) is 13.1. The lowest BCUT2D eigenvalue weighted by atomic mass is 10.1. The zero-order valence-corrected chi connectivity index (χ0v) is 10.3. The molecule has 98 valence electrons. The van der Waals surface area contributed by atoms with Gasteiger partial charge < -0.3 is 19.8 Å². The Morgan fingerprint density at radius 2 is 2.33 bits per heavy atom. The molecule has 2 rings (SSSR count). The number of nitrogens with zero attached hydrogens (tertiary/aromatic N) is 1. The Balaban J connectivity index is 2.41. The van der Waals surface area contributed by atoms with Gasteiger partial charge in [-0.2, -0.15) is 0 Å². The number of aromatic carboxylic acids is 1. The van der Waals surface area contributed by atoms with E-state index in [2.05, 4.69) is 0 Å². The van der Waals surface area contributed by atoms with Gasteiger partial charge in [0.15, 0.2) is 0 Å². The molecule has 5 nitrogen and oxygen atoms in total. The van der Waals surface area contributed by atoms with Gasteiger partial charge in [-0.25, -0.2) is 4.79 Å². The third kappa shape index (κ3) is 2.47. The minimum Gasteiger partial charge on any atom is -0.478 e. The van der Waals surface area contributed by atoms with Crippen molar-refractivity contribution in [3.63, 3.8) is 0 Å². The number of hydrogen-bond acceptors (Lipinski definition) is 4. The molecule has 1 fully saturated rings. The maximum absolute atomic E-state index is 11.3. The van der Waals surface area contributed by atoms with Crippen LogP contribution in [0.3, 0.4) is 0 Å². The number of hydrogen-bond donors (Lipinski definition) is 2. The van der Waals surface area contributed by atoms with Gasteiger partial charge in [-0.05, 0) is 24.6 Å². The molecule has 1 aromatic rings. The van der Waals surface area contributed by atoms with Crippen LogP contribution in [0.25, 0.3) is 0 Å². The van der Waals surface area contributed by atoms with Gasteiger partial charge in [0.1, 0.15) is 0 Å². The average Bonchev–Trinajstić information content (AvgIpc) is 2.38. The summed E-state index contributed by atoms with van der Waals surface area (Å²) in [6, 6.07) is 5.05. The van der Waals surface area contributed by atoms with Crippen LogP contribution in [0.15, 0.2) is 18.2 Å². The molecule has 1 aromatic carbocycles. The Bertz CT molecular complexity index is 447. The molecule has 1 unspecified atom stereocenters. The van der Waals surface area contributed by atoms with E-state index in [0.29, 0.717) is 25.4 Å². The molecule has 1 heterocycles. The van der Waals surface area contributed by atoms with Gasteiger partial charge in [0.2, 0.25) is 0 Å². The first kappa shape index (κ1) is 12.9. The molecule has 0 radical (unpaired) electrons. The maximum atomic E-state index is 11.3. The van der Waals surface area contributed by atoms with Crippen LogP contribution in [0.5, 0.6) is 0 Å². The minimum atomic E-state index is -0.951. The third-order valence-electron chi connectivity index (χ3n) is 3.13. The number of aliphatic hydroxyl groups excluding tert-OH is 1. The van der Waals surface area contributed by atoms with Crippen LogP contribution in [0.2, 0.25) is 0 Å². The number of ether oxygens (including phenoxy) is 1. The van der Waals surface area contributed by atoms with E-state index in [9.17, 15) is 15.0 Å². The van der Waals surface area contributed by atoms with Crippen molar-refractivity contribution in [1.29, 1.82) is 0 Å². The lowest BCUT2D eigenvalue weighted by molar-refractivity contribution is 0.0677. The molecule has 0 aliphatic carbocycles. The monoisotopic (exact) mass is 251 g/mol. The first-order valence-corrected chi connectivity index (χ1v) is 5.92. The van der Waals surface area contributed by atoms with Crippen LogP contribution in [-0.4, -0.2) is 48.6 Å². The van der Waals surface area contributed by atoms with Gasteiger partial charge in [-0.1, -0.05) is 6.07 Å². The highest BCUT2D eigenvalue weighted by Crippen LogP contribution is 2.25. The van der Waals surface area contributed by atoms with Crippen LogP contribution in [-0.2, 0) is 4.74 Å². The molecule has 0 saturated carbocycles. The summed E-state index contributed by atoms with van der Waals surface area (Å²) in [4.78, 5) is 13.2. The Hall–Kier alpha value is -1.59. The molecule has 1 saturated heterocycles. The van der Waals surface area contributed by atoms with Crippen LogP contribution in [0.4, 0.5) is 5.69 Å². The Morgan fingerprint density at radius 3 is 3.00 bits per heavy atom. The van der Waals surface area contributed by atoms with E-state index >= 15 is 0 Å². The average molecular weight is 251 g/mol. The van der Waals surface area contributed by atoms with Crippen LogP contribution in [0, 0.1) is 6.92 Å². The van der Waals surface area contributed by atoms with Crippen molar-refractivity contribution in [3.8, 4) is 0 Å². The van der Waals surface area contributed by atoms with E-state index in [-0.39, 0.29) is 18.2 Å². The predicted molar refractivity (Wildman–Crippen MR) is 67.2 cm³/mol. The van der Waals surface area contributed by atoms with Crippen molar-refractivity contribution >= 4 is 11.7 Å². The molecule has 0 aromatic heterocycles. The normalized spacial score (nSPS) is 19.9. The minimum absolute atomic E-state index is 0.0486. The zero-order valence-electron chi connectivity index (χ0n) is 10.3. The Morgan fingerprint density at radius 1 is 1.56 bits per heavy atom. The highest BCUT2D eigenvalue weighted by molar-refractivity contribution is 5.94. The van der Waals surface area contributed by atoms with Crippen molar-refractivity contribution in [2.75, 3.05) is 31.3 Å². The molecule has 1 aliphatic heterocycles. The number of aryl methyl sites for hydroxylation is 1. The second kappa shape index (κ2) is 5.37. The first-order chi connectivity index (χ1) is 8.63. The smallest absolute Gasteiger partial charge is 0.337 e. The van der Waals surface area contributed by atoms with E-state index in [1.165, 1.54) is 0 Å². The number of morpholine rings is 1. The summed E-state index contributed by atoms with van der Waals surface area (Å²) in [7, 11) is 0. The Kier molecular flexibility index (Phi) is 3.84. The van der Waals surface area contributed by atoms with Crippen molar-refractivity contribution < 1.29 is 19.7 Å². The highest BCUT2D eigenvalue weighted by Gasteiger charge is 2.26. The topological polar surface area (TPSA) is 70.0 Å². The number of carbonyl (C=O) groups is 1. The maximum Gasteiger partial charge on any atom is 0.337 e. The molecule has 1 aliphatic rings. The van der Waals surface area contributed by atoms with Crippen molar-refractivity contribution in [3.05, 3.63) is 29.3 Å². The second-order valence-corrected chi connectivity index (χ2v) is 4.43. The molecule has 0 bridgehead atoms. The van der Waals surface area contributed by atoms with E-state index in [0.717, 1.165) is 5.56 Å². The summed E-state index contributed by atoms with van der Waals surface area (Å²) in [6.07, 6.45) is 0. The molecule has 0 amide bonds. The molecule has 2 N–H and O–H groups in total. The van der Waals surface area contributed by atoms with Gasteiger partial charge in [0.25, 0.3) is 0 Å². The first-order valence-electron chi connectivity index (χ1n) is 5.92. The SMILES string of the molecule is Cc1ccc(C(=O)O)c(N2CCOCC2CO)c1. The van der Waals surface area contributed by atoms with Gasteiger partial charge in [-0.3, -0.25) is 0 Å². The van der Waals surface area contributed by atoms with Gasteiger partial charge in [0, 0.05) is 6.54 Å². The quantitative estimate of drug-likeness (QED) is 0.835. The fourth-order valence-corrected chi connectivity index (χ4v) is 2.18. The predicted octanol–water partition coefficient (Wildman–Crippen LogP) is 0.891. The van der Waals surface area contributed by atoms with E-state index in [4.69, 9.17) is 4.74 Å². The third-order valence-corrected chi connectivity index (χ3v) is 3.13. The van der Waals surface area contributed by atoms with Crippen molar-refractivity contribution in [2.45, 2.75) is 13.0 Å². The number of aliphatic hydroxyl groups is 1. The number of carboxylic acids is 1. The van der Waals surface area contributed by atoms with E-state index < -0.39 is 5.97 Å². The summed E-state index contributed by atoms with van der Waals surface area (Å²) < 4.78 is 5.31. The van der Waals surface area contributed by atoms with Crippen molar-refractivity contribution in [1.82, 2.24) is 0 Å². The number of rotatable bonds is 3. The lowest BCUT2D eigenvalue weighted by Gasteiger charge is -2.37. The largest absolute Gasteiger partial charge is 0.478 e. The standard InChI is InChI=1S/C13H17NO4/c1-9-2-3-11(13(16)17)12(6-9)14-4-5-18-8-10(14)7-15/h2-3,6,10,15H,4-5,7-8H2,1H3,(H,16,17). The molecule has 18 heavy (non-hydrogen) atoms. The van der Waals surface area contributed by atoms with Crippen LogP contribution in [0.1, 0.15) is 15.9 Å². The summed E-state index contributed by atoms with van der Waals surface area (Å²) in [5, 5.41) is 18.6. The molecular weight excluding hydrogens is 234 g/mol.